The first-order valence-electron chi connectivity index (χ1n) is 14.2. The van der Waals surface area contributed by atoms with Crippen LogP contribution in [0.4, 0.5) is 18.0 Å². The van der Waals surface area contributed by atoms with E-state index in [0.717, 1.165) is 38.1 Å². The number of allylic oxidation sites excluding steroid dienone is 3. The normalized spacial score (nSPS) is 23.1. The molecule has 2 fully saturated rings. The average molecular weight is 563 g/mol. The maximum Gasteiger partial charge on any atom is 0.416 e. The Labute approximate surface area is 237 Å². The zero-order chi connectivity index (χ0) is 29.8. The van der Waals surface area contributed by atoms with Crippen molar-refractivity contribution in [1.82, 2.24) is 14.7 Å². The Morgan fingerprint density at radius 3 is 2.45 bits per heavy atom. The highest BCUT2D eigenvalue weighted by Crippen LogP contribution is 2.39. The number of fused-ring (bicyclic) bond motifs is 1. The van der Waals surface area contributed by atoms with E-state index < -0.39 is 23.2 Å². The van der Waals surface area contributed by atoms with Gasteiger partial charge in [-0.15, -0.1) is 0 Å². The minimum Gasteiger partial charge on any atom is -0.369 e. The summed E-state index contributed by atoms with van der Waals surface area (Å²) >= 11 is 0. The molecule has 0 saturated carbocycles. The van der Waals surface area contributed by atoms with Crippen LogP contribution < -0.4 is 5.73 Å². The van der Waals surface area contributed by atoms with Crippen molar-refractivity contribution in [2.24, 2.45) is 23.0 Å². The quantitative estimate of drug-likeness (QED) is 0.366. The van der Waals surface area contributed by atoms with Gasteiger partial charge in [0.25, 0.3) is 0 Å². The molecule has 3 rings (SSSR count). The van der Waals surface area contributed by atoms with Crippen LogP contribution in [-0.2, 0) is 11.0 Å². The Balaban J connectivity index is 1.84. The fourth-order valence-corrected chi connectivity index (χ4v) is 6.06. The first-order valence-corrected chi connectivity index (χ1v) is 14.2. The van der Waals surface area contributed by atoms with Gasteiger partial charge in [-0.2, -0.15) is 13.2 Å². The zero-order valence-electron chi connectivity index (χ0n) is 24.7. The number of hydrogen-bond acceptors (Lipinski definition) is 3. The van der Waals surface area contributed by atoms with E-state index in [4.69, 9.17) is 5.73 Å². The first-order chi connectivity index (χ1) is 18.7. The summed E-state index contributed by atoms with van der Waals surface area (Å²) in [6, 6.07) is 3.21. The predicted molar refractivity (Wildman–Crippen MR) is 152 cm³/mol. The molecule has 3 amide bonds. The largest absolute Gasteiger partial charge is 0.416 e. The number of carbonyl (C=O) groups excluding carboxylic acids is 2. The number of benzene rings is 1. The molecule has 2 N–H and O–H groups in total. The van der Waals surface area contributed by atoms with Crippen molar-refractivity contribution in [2.45, 2.75) is 72.1 Å². The van der Waals surface area contributed by atoms with E-state index in [1.165, 1.54) is 0 Å². The Hall–Kier alpha value is -2.81. The Morgan fingerprint density at radius 1 is 1.15 bits per heavy atom. The van der Waals surface area contributed by atoms with Crippen LogP contribution >= 0.6 is 0 Å². The van der Waals surface area contributed by atoms with Gasteiger partial charge < -0.3 is 20.4 Å². The molecular formula is C31H45F3N4O2. The van der Waals surface area contributed by atoms with Crippen molar-refractivity contribution < 1.29 is 22.8 Å². The lowest BCUT2D eigenvalue weighted by Gasteiger charge is -2.44. The van der Waals surface area contributed by atoms with Gasteiger partial charge in [-0.05, 0) is 76.5 Å². The maximum absolute atomic E-state index is 13.9. The molecule has 4 atom stereocenters. The average Bonchev–Trinajstić information content (AvgIpc) is 3.28. The molecule has 2 heterocycles. The number of nitrogens with two attached hydrogens (primary N) is 1. The van der Waals surface area contributed by atoms with Gasteiger partial charge in [0.1, 0.15) is 0 Å². The van der Waals surface area contributed by atoms with Crippen molar-refractivity contribution in [3.8, 4) is 0 Å². The summed E-state index contributed by atoms with van der Waals surface area (Å²) in [5, 5.41) is 0. The van der Waals surface area contributed by atoms with Crippen LogP contribution in [0.2, 0.25) is 0 Å². The van der Waals surface area contributed by atoms with Gasteiger partial charge in [-0.3, -0.25) is 4.79 Å². The zero-order valence-corrected chi connectivity index (χ0v) is 24.7. The molecule has 2 aliphatic heterocycles. The van der Waals surface area contributed by atoms with Crippen LogP contribution in [-0.4, -0.2) is 65.9 Å². The Kier molecular flexibility index (Phi) is 10.1. The van der Waals surface area contributed by atoms with E-state index in [-0.39, 0.29) is 23.9 Å². The molecule has 1 aromatic rings. The van der Waals surface area contributed by atoms with E-state index in [1.807, 2.05) is 30.9 Å². The molecule has 222 valence electrons. The van der Waals surface area contributed by atoms with E-state index in [1.54, 1.807) is 31.9 Å². The molecule has 2 aliphatic rings. The number of hydrogen-bond donors (Lipinski definition) is 1. The number of urea groups is 1. The molecule has 0 radical (unpaired) electrons. The molecule has 2 saturated heterocycles. The van der Waals surface area contributed by atoms with Crippen LogP contribution in [0.15, 0.2) is 42.5 Å². The summed E-state index contributed by atoms with van der Waals surface area (Å²) in [6.45, 7) is 12.0. The number of nitrogens with zero attached hydrogens (tertiary/aromatic N) is 3. The number of likely N-dealkylation sites (tertiary alicyclic amines) is 2. The lowest BCUT2D eigenvalue weighted by Crippen LogP contribution is -2.55. The third-order valence-electron chi connectivity index (χ3n) is 8.52. The van der Waals surface area contributed by atoms with Crippen LogP contribution in [0.25, 0.3) is 0 Å². The van der Waals surface area contributed by atoms with E-state index in [0.29, 0.717) is 36.6 Å². The van der Waals surface area contributed by atoms with Crippen molar-refractivity contribution in [3.63, 3.8) is 0 Å². The Morgan fingerprint density at radius 2 is 1.82 bits per heavy atom. The van der Waals surface area contributed by atoms with Gasteiger partial charge in [0.2, 0.25) is 5.91 Å². The number of primary amides is 1. The van der Waals surface area contributed by atoms with Crippen molar-refractivity contribution in [3.05, 3.63) is 59.2 Å². The highest BCUT2D eigenvalue weighted by Gasteiger charge is 2.46. The molecule has 40 heavy (non-hydrogen) atoms. The highest BCUT2D eigenvalue weighted by atomic mass is 19.4. The summed E-state index contributed by atoms with van der Waals surface area (Å²) in [4.78, 5) is 31.7. The summed E-state index contributed by atoms with van der Waals surface area (Å²) in [5.41, 5.74) is 5.25. The number of carbonyl (C=O) groups is 2. The minimum absolute atomic E-state index is 0.0582. The SMILES string of the molecule is CC/C=C\C=C/C[C@H]1C2CN(CC(C)(C)C(N)=O)CC2CCN1C(=O)N(C)[C@H](C)c1cc(C)cc(C(F)(F)F)c1. The van der Waals surface area contributed by atoms with Gasteiger partial charge in [-0.25, -0.2) is 4.79 Å². The number of rotatable bonds is 9. The predicted octanol–water partition coefficient (Wildman–Crippen LogP) is 6.17. The first kappa shape index (κ1) is 31.7. The molecule has 0 spiro atoms. The summed E-state index contributed by atoms with van der Waals surface area (Å²) < 4.78 is 40.4. The lowest BCUT2D eigenvalue weighted by molar-refractivity contribution is -0.137. The molecule has 2 unspecified atom stereocenters. The van der Waals surface area contributed by atoms with E-state index >= 15 is 0 Å². The number of amides is 3. The second-order valence-electron chi connectivity index (χ2n) is 12.1. The number of halogens is 3. The number of aryl methyl sites for hydroxylation is 1. The molecule has 6 nitrogen and oxygen atoms in total. The van der Waals surface area contributed by atoms with E-state index in [2.05, 4.69) is 24.0 Å². The Bertz CT molecular complexity index is 1110. The monoisotopic (exact) mass is 562 g/mol. The molecule has 9 heteroatoms. The lowest BCUT2D eigenvalue weighted by atomic mass is 9.80. The van der Waals surface area contributed by atoms with Crippen molar-refractivity contribution in [2.75, 3.05) is 33.2 Å². The third-order valence-corrected chi connectivity index (χ3v) is 8.52. The van der Waals surface area contributed by atoms with Gasteiger partial charge in [0, 0.05) is 39.3 Å². The molecule has 0 bridgehead atoms. The van der Waals surface area contributed by atoms with Gasteiger partial charge in [0.05, 0.1) is 17.0 Å². The molecular weight excluding hydrogens is 517 g/mol. The summed E-state index contributed by atoms with van der Waals surface area (Å²) in [7, 11) is 1.67. The summed E-state index contributed by atoms with van der Waals surface area (Å²) in [5.74, 6) is 0.286. The highest BCUT2D eigenvalue weighted by molar-refractivity contribution is 5.80. The van der Waals surface area contributed by atoms with Gasteiger partial charge in [-0.1, -0.05) is 42.9 Å². The van der Waals surface area contributed by atoms with Crippen molar-refractivity contribution >= 4 is 11.9 Å². The molecule has 1 aromatic carbocycles. The van der Waals surface area contributed by atoms with Crippen LogP contribution in [0.3, 0.4) is 0 Å². The smallest absolute Gasteiger partial charge is 0.369 e. The topological polar surface area (TPSA) is 69.9 Å². The van der Waals surface area contributed by atoms with Crippen LogP contribution in [0.5, 0.6) is 0 Å². The number of piperidine rings is 1. The second-order valence-corrected chi connectivity index (χ2v) is 12.1. The van der Waals surface area contributed by atoms with Crippen LogP contribution in [0.1, 0.15) is 69.7 Å². The van der Waals surface area contributed by atoms with E-state index in [9.17, 15) is 22.8 Å². The van der Waals surface area contributed by atoms with Crippen LogP contribution in [0, 0.1) is 24.2 Å². The van der Waals surface area contributed by atoms with Gasteiger partial charge >= 0.3 is 12.2 Å². The minimum atomic E-state index is -4.45. The summed E-state index contributed by atoms with van der Waals surface area (Å²) in [6.07, 6.45) is 6.18. The van der Waals surface area contributed by atoms with Gasteiger partial charge in [0.15, 0.2) is 0 Å². The second kappa shape index (κ2) is 12.8. The molecule has 0 aromatic heterocycles. The van der Waals surface area contributed by atoms with Crippen molar-refractivity contribution in [1.29, 1.82) is 0 Å². The fourth-order valence-electron chi connectivity index (χ4n) is 6.06. The third kappa shape index (κ3) is 7.47. The fraction of sp³-hybridized carbons (Fsp3) is 0.613. The maximum atomic E-state index is 13.9. The number of alkyl halides is 3. The molecule has 0 aliphatic carbocycles. The standard InChI is InChI=1S/C31H45F3N4O2/c1-7-8-9-10-11-12-27-26-19-37(20-30(4,5)28(35)39)18-23(26)13-14-38(27)29(40)36(6)22(3)24-15-21(2)16-25(17-24)31(32,33)34/h8-11,15-17,22-23,26-27H,7,12-14,18-20H2,1-6H3,(H2,35,39)/b9-8-,11-10-/t22-,23?,26?,27+/m1/s1.